The van der Waals surface area contributed by atoms with Gasteiger partial charge in [-0.3, -0.25) is 0 Å². The molecule has 2 amide bonds. The van der Waals surface area contributed by atoms with Crippen LogP contribution in [0, 0.1) is 11.8 Å². The van der Waals surface area contributed by atoms with Crippen molar-refractivity contribution < 1.29 is 18.0 Å². The quantitative estimate of drug-likeness (QED) is 0.843. The van der Waals surface area contributed by atoms with Crippen molar-refractivity contribution in [3.8, 4) is 0 Å². The summed E-state index contributed by atoms with van der Waals surface area (Å²) in [4.78, 5) is 19.6. The molecule has 2 aromatic rings. The first-order chi connectivity index (χ1) is 13.4. The molecule has 1 heterocycles. The molecule has 28 heavy (non-hydrogen) atoms. The Labute approximate surface area is 160 Å². The fourth-order valence-corrected chi connectivity index (χ4v) is 4.39. The number of hydrogen-bond donors (Lipinski definition) is 2. The van der Waals surface area contributed by atoms with Gasteiger partial charge in [-0.2, -0.15) is 13.2 Å². The molecule has 2 bridgehead atoms. The maximum absolute atomic E-state index is 12.7. The van der Waals surface area contributed by atoms with E-state index in [1.165, 1.54) is 11.1 Å². The fourth-order valence-electron chi connectivity index (χ4n) is 4.39. The lowest BCUT2D eigenvalue weighted by Gasteiger charge is -2.23. The molecule has 0 aliphatic heterocycles. The van der Waals surface area contributed by atoms with Gasteiger partial charge < -0.3 is 10.6 Å². The molecule has 2 aliphatic rings. The Balaban J connectivity index is 1.37. The molecule has 4 rings (SSSR count). The van der Waals surface area contributed by atoms with E-state index in [1.807, 2.05) is 12.1 Å². The molecular formula is C20H21F3N4O. The molecule has 2 unspecified atom stereocenters. The highest BCUT2D eigenvalue weighted by molar-refractivity contribution is 5.74. The second-order valence-electron chi connectivity index (χ2n) is 7.48. The first-order valence-corrected chi connectivity index (χ1v) is 9.40. The Morgan fingerprint density at radius 1 is 1.07 bits per heavy atom. The number of carbonyl (C=O) groups excluding carboxylic acids is 1. The van der Waals surface area contributed by atoms with Crippen LogP contribution in [0.3, 0.4) is 0 Å². The lowest BCUT2D eigenvalue weighted by molar-refractivity contribution is -0.141. The van der Waals surface area contributed by atoms with Gasteiger partial charge in [0, 0.05) is 12.2 Å². The molecule has 1 fully saturated rings. The largest absolute Gasteiger partial charge is 0.433 e. The van der Waals surface area contributed by atoms with Crippen molar-refractivity contribution in [2.24, 2.45) is 11.8 Å². The number of alkyl halides is 3. The molecule has 5 nitrogen and oxygen atoms in total. The first kappa shape index (κ1) is 18.7. The zero-order chi connectivity index (χ0) is 19.7. The van der Waals surface area contributed by atoms with E-state index in [0.717, 1.165) is 37.9 Å². The zero-order valence-corrected chi connectivity index (χ0v) is 15.2. The van der Waals surface area contributed by atoms with Gasteiger partial charge >= 0.3 is 12.2 Å². The van der Waals surface area contributed by atoms with Gasteiger partial charge in [-0.05, 0) is 54.7 Å². The second kappa shape index (κ2) is 7.41. The standard InChI is InChI=1S/C20H21F3N4O/c21-20(22,23)16-7-8-24-17(26-16)11-25-19(28)27-18-14-5-6-15(18)10-13-4-2-1-3-12(13)9-14/h1-4,7-8,14-15,18H,5-6,9-11H2,(H2,25,27,28). The molecule has 0 spiro atoms. The van der Waals surface area contributed by atoms with Gasteiger partial charge in [-0.25, -0.2) is 14.8 Å². The molecular weight excluding hydrogens is 369 g/mol. The molecule has 1 aromatic carbocycles. The van der Waals surface area contributed by atoms with Crippen LogP contribution in [0.1, 0.15) is 35.5 Å². The third-order valence-electron chi connectivity index (χ3n) is 5.71. The number of amides is 2. The number of nitrogens with zero attached hydrogens (tertiary/aromatic N) is 2. The van der Waals surface area contributed by atoms with Gasteiger partial charge in [-0.1, -0.05) is 24.3 Å². The van der Waals surface area contributed by atoms with Crippen LogP contribution >= 0.6 is 0 Å². The first-order valence-electron chi connectivity index (χ1n) is 9.40. The molecule has 8 heteroatoms. The predicted molar refractivity (Wildman–Crippen MR) is 96.3 cm³/mol. The second-order valence-corrected chi connectivity index (χ2v) is 7.48. The third-order valence-corrected chi connectivity index (χ3v) is 5.71. The van der Waals surface area contributed by atoms with Gasteiger partial charge in [-0.15, -0.1) is 0 Å². The number of aromatic nitrogens is 2. The van der Waals surface area contributed by atoms with Crippen molar-refractivity contribution in [1.82, 2.24) is 20.6 Å². The summed E-state index contributed by atoms with van der Waals surface area (Å²) >= 11 is 0. The smallest absolute Gasteiger partial charge is 0.335 e. The fraction of sp³-hybridized carbons (Fsp3) is 0.450. The monoisotopic (exact) mass is 390 g/mol. The van der Waals surface area contributed by atoms with Crippen LogP contribution in [0.4, 0.5) is 18.0 Å². The summed E-state index contributed by atoms with van der Waals surface area (Å²) in [5.41, 5.74) is 1.68. The molecule has 1 saturated carbocycles. The van der Waals surface area contributed by atoms with E-state index in [2.05, 4.69) is 32.7 Å². The minimum atomic E-state index is -4.53. The normalized spacial score (nSPS) is 23.6. The lowest BCUT2D eigenvalue weighted by atomic mass is 9.94. The Hall–Kier alpha value is -2.64. The Morgan fingerprint density at radius 3 is 2.32 bits per heavy atom. The topological polar surface area (TPSA) is 66.9 Å². The van der Waals surface area contributed by atoms with Crippen LogP contribution in [-0.2, 0) is 25.6 Å². The van der Waals surface area contributed by atoms with Crippen LogP contribution in [0.2, 0.25) is 0 Å². The zero-order valence-electron chi connectivity index (χ0n) is 15.2. The number of rotatable bonds is 3. The summed E-state index contributed by atoms with van der Waals surface area (Å²) in [6.45, 7) is -0.155. The van der Waals surface area contributed by atoms with Crippen molar-refractivity contribution in [1.29, 1.82) is 0 Å². The highest BCUT2D eigenvalue weighted by Crippen LogP contribution is 2.40. The number of hydrogen-bond acceptors (Lipinski definition) is 3. The van der Waals surface area contributed by atoms with E-state index in [-0.39, 0.29) is 18.4 Å². The van der Waals surface area contributed by atoms with E-state index < -0.39 is 17.9 Å². The number of halogens is 3. The average molecular weight is 390 g/mol. The van der Waals surface area contributed by atoms with Crippen molar-refractivity contribution >= 4 is 6.03 Å². The van der Waals surface area contributed by atoms with Crippen molar-refractivity contribution in [2.45, 2.75) is 44.4 Å². The van der Waals surface area contributed by atoms with E-state index in [4.69, 9.17) is 0 Å². The summed E-state index contributed by atoms with van der Waals surface area (Å²) in [5.74, 6) is 0.689. The molecule has 0 radical (unpaired) electrons. The summed E-state index contributed by atoms with van der Waals surface area (Å²) in [6.07, 6.45) is 0.534. The minimum absolute atomic E-state index is 0.0647. The maximum Gasteiger partial charge on any atom is 0.433 e. The number of carbonyl (C=O) groups is 1. The molecule has 2 atom stereocenters. The molecule has 0 saturated heterocycles. The lowest BCUT2D eigenvalue weighted by Crippen LogP contribution is -2.46. The number of fused-ring (bicyclic) bond motifs is 3. The van der Waals surface area contributed by atoms with Crippen molar-refractivity contribution in [2.75, 3.05) is 0 Å². The summed E-state index contributed by atoms with van der Waals surface area (Å²) in [6, 6.07) is 8.87. The predicted octanol–water partition coefficient (Wildman–Crippen LogP) is 3.49. The summed E-state index contributed by atoms with van der Waals surface area (Å²) in [5, 5.41) is 5.64. The Bertz CT molecular complexity index is 838. The molecule has 1 aromatic heterocycles. The van der Waals surface area contributed by atoms with Crippen molar-refractivity contribution in [3.63, 3.8) is 0 Å². The highest BCUT2D eigenvalue weighted by atomic mass is 19.4. The maximum atomic E-state index is 12.7. The van der Waals surface area contributed by atoms with E-state index in [0.29, 0.717) is 11.8 Å². The van der Waals surface area contributed by atoms with Gasteiger partial charge in [0.15, 0.2) is 0 Å². The van der Waals surface area contributed by atoms with Gasteiger partial charge in [0.25, 0.3) is 0 Å². The highest BCUT2D eigenvalue weighted by Gasteiger charge is 2.39. The van der Waals surface area contributed by atoms with Gasteiger partial charge in [0.05, 0.1) is 6.54 Å². The Kier molecular flexibility index (Phi) is 4.95. The van der Waals surface area contributed by atoms with Gasteiger partial charge in [0.1, 0.15) is 11.5 Å². The number of nitrogens with one attached hydrogen (secondary N) is 2. The molecule has 2 N–H and O–H groups in total. The van der Waals surface area contributed by atoms with Crippen molar-refractivity contribution in [3.05, 3.63) is 59.2 Å². The number of urea groups is 1. The summed E-state index contributed by atoms with van der Waals surface area (Å²) < 4.78 is 38.2. The molecule has 2 aliphatic carbocycles. The van der Waals surface area contributed by atoms with Crippen LogP contribution in [0.15, 0.2) is 36.5 Å². The average Bonchev–Trinajstić information content (AvgIpc) is 2.93. The van der Waals surface area contributed by atoms with Crippen LogP contribution in [0.5, 0.6) is 0 Å². The SMILES string of the molecule is O=C(NCc1nccc(C(F)(F)F)n1)NC1C2CCC1Cc1ccccc1C2. The van der Waals surface area contributed by atoms with E-state index in [1.54, 1.807) is 0 Å². The Morgan fingerprint density at radius 2 is 1.71 bits per heavy atom. The minimum Gasteiger partial charge on any atom is -0.335 e. The molecule has 148 valence electrons. The number of benzene rings is 1. The van der Waals surface area contributed by atoms with E-state index >= 15 is 0 Å². The van der Waals surface area contributed by atoms with Crippen LogP contribution in [-0.4, -0.2) is 22.0 Å². The van der Waals surface area contributed by atoms with Crippen LogP contribution < -0.4 is 10.6 Å². The third kappa shape index (κ3) is 3.95. The van der Waals surface area contributed by atoms with Crippen LogP contribution in [0.25, 0.3) is 0 Å². The van der Waals surface area contributed by atoms with Gasteiger partial charge in [0.2, 0.25) is 0 Å². The van der Waals surface area contributed by atoms with E-state index in [9.17, 15) is 18.0 Å². The summed E-state index contributed by atoms with van der Waals surface area (Å²) in [7, 11) is 0.